The average molecular weight is 367 g/mol. The predicted molar refractivity (Wildman–Crippen MR) is 96.3 cm³/mol. The molecule has 1 aromatic carbocycles. The van der Waals surface area contributed by atoms with Gasteiger partial charge in [-0.1, -0.05) is 30.0 Å². The molecule has 6 nitrogen and oxygen atoms in total. The lowest BCUT2D eigenvalue weighted by Gasteiger charge is -2.11. The third-order valence-electron chi connectivity index (χ3n) is 3.11. The number of thiocarbonyl (C=S) groups is 1. The first kappa shape index (κ1) is 18.3. The lowest BCUT2D eigenvalue weighted by molar-refractivity contribution is -0.139. The van der Waals surface area contributed by atoms with Crippen molar-refractivity contribution < 1.29 is 24.2 Å². The zero-order valence-electron chi connectivity index (χ0n) is 13.3. The molecule has 1 fully saturated rings. The molecule has 0 bridgehead atoms. The highest BCUT2D eigenvalue weighted by Crippen LogP contribution is 2.34. The molecule has 1 aliphatic rings. The van der Waals surface area contributed by atoms with E-state index in [9.17, 15) is 9.59 Å². The van der Waals surface area contributed by atoms with Crippen LogP contribution in [-0.4, -0.2) is 46.0 Å². The highest BCUT2D eigenvalue weighted by atomic mass is 32.2. The van der Waals surface area contributed by atoms with Crippen molar-refractivity contribution in [2.24, 2.45) is 0 Å². The summed E-state index contributed by atoms with van der Waals surface area (Å²) in [6, 6.07) is 5.07. The number of carbonyl (C=O) groups excluding carboxylic acids is 1. The molecule has 24 heavy (non-hydrogen) atoms. The van der Waals surface area contributed by atoms with Crippen LogP contribution in [0.5, 0.6) is 11.5 Å². The Bertz CT molecular complexity index is 702. The normalized spacial score (nSPS) is 15.9. The second-order valence-electron chi connectivity index (χ2n) is 4.75. The molecule has 0 spiro atoms. The van der Waals surface area contributed by atoms with Crippen LogP contribution in [-0.2, 0) is 9.59 Å². The molecule has 2 rings (SSSR count). The summed E-state index contributed by atoms with van der Waals surface area (Å²) in [4.78, 5) is 25.0. The number of hydrogen-bond donors (Lipinski definition) is 1. The number of likely N-dealkylation sites (N-methyl/N-ethyl adjacent to an activating group) is 1. The Morgan fingerprint density at radius 1 is 1.33 bits per heavy atom. The number of rotatable bonds is 7. The number of thioether (sulfide) groups is 1. The number of ether oxygens (including phenoxy) is 2. The molecule has 0 atom stereocenters. The second-order valence-corrected chi connectivity index (χ2v) is 6.42. The topological polar surface area (TPSA) is 76.1 Å². The highest BCUT2D eigenvalue weighted by molar-refractivity contribution is 8.26. The van der Waals surface area contributed by atoms with Crippen LogP contribution in [0.1, 0.15) is 19.4 Å². The Morgan fingerprint density at radius 3 is 2.67 bits per heavy atom. The average Bonchev–Trinajstić information content (AvgIpc) is 2.80. The molecule has 0 saturated carbocycles. The molecule has 1 saturated heterocycles. The molecule has 0 aliphatic carbocycles. The van der Waals surface area contributed by atoms with Crippen LogP contribution in [0.2, 0.25) is 0 Å². The van der Waals surface area contributed by atoms with Gasteiger partial charge in [-0.05, 0) is 37.6 Å². The van der Waals surface area contributed by atoms with Gasteiger partial charge in [0.2, 0.25) is 0 Å². The Morgan fingerprint density at radius 2 is 2.08 bits per heavy atom. The van der Waals surface area contributed by atoms with Crippen molar-refractivity contribution in [1.82, 2.24) is 4.90 Å². The molecule has 8 heteroatoms. The summed E-state index contributed by atoms with van der Waals surface area (Å²) in [5, 5.41) is 8.71. The first-order valence-corrected chi connectivity index (χ1v) is 8.55. The van der Waals surface area contributed by atoms with Crippen molar-refractivity contribution in [3.8, 4) is 11.5 Å². The Labute approximate surface area is 149 Å². The van der Waals surface area contributed by atoms with Crippen LogP contribution in [0.15, 0.2) is 23.1 Å². The van der Waals surface area contributed by atoms with E-state index in [1.165, 1.54) is 11.8 Å². The van der Waals surface area contributed by atoms with Crippen molar-refractivity contribution in [3.63, 3.8) is 0 Å². The van der Waals surface area contributed by atoms with Gasteiger partial charge in [-0.25, -0.2) is 4.79 Å². The number of carboxylic acid groups (broad SMARTS) is 1. The standard InChI is InChI=1S/C16H17NO5S2/c1-3-17-15(20)13(24-16(17)23)8-10-5-6-11(22-9-14(18)19)12(7-10)21-4-2/h5-8H,3-4,9H2,1-2H3,(H,18,19)/b13-8+. The Hall–Kier alpha value is -2.06. The van der Waals surface area contributed by atoms with Gasteiger partial charge in [-0.2, -0.15) is 0 Å². The first-order chi connectivity index (χ1) is 11.5. The van der Waals surface area contributed by atoms with Gasteiger partial charge in [0.15, 0.2) is 18.1 Å². The van der Waals surface area contributed by atoms with Crippen LogP contribution in [0.25, 0.3) is 6.08 Å². The quantitative estimate of drug-likeness (QED) is 0.586. The van der Waals surface area contributed by atoms with E-state index in [1.807, 2.05) is 13.8 Å². The summed E-state index contributed by atoms with van der Waals surface area (Å²) in [5.74, 6) is -0.405. The van der Waals surface area contributed by atoms with E-state index in [-0.39, 0.29) is 5.91 Å². The van der Waals surface area contributed by atoms with E-state index in [0.29, 0.717) is 33.9 Å². The van der Waals surface area contributed by atoms with Crippen molar-refractivity contribution in [3.05, 3.63) is 28.7 Å². The highest BCUT2D eigenvalue weighted by Gasteiger charge is 2.30. The zero-order chi connectivity index (χ0) is 17.7. The molecule has 1 heterocycles. The first-order valence-electron chi connectivity index (χ1n) is 7.33. The molecular formula is C16H17NO5S2. The van der Waals surface area contributed by atoms with E-state index < -0.39 is 12.6 Å². The minimum atomic E-state index is -1.07. The zero-order valence-corrected chi connectivity index (χ0v) is 14.9. The van der Waals surface area contributed by atoms with Gasteiger partial charge in [-0.3, -0.25) is 9.69 Å². The molecule has 0 aromatic heterocycles. The maximum Gasteiger partial charge on any atom is 0.341 e. The number of amides is 1. The smallest absolute Gasteiger partial charge is 0.341 e. The summed E-state index contributed by atoms with van der Waals surface area (Å²) in [7, 11) is 0. The molecule has 1 aromatic rings. The molecule has 128 valence electrons. The third-order valence-corrected chi connectivity index (χ3v) is 4.48. The maximum atomic E-state index is 12.2. The SMILES string of the molecule is CCOc1cc(/C=C2/SC(=S)N(CC)C2=O)ccc1OCC(=O)O. The van der Waals surface area contributed by atoms with Gasteiger partial charge < -0.3 is 14.6 Å². The molecule has 1 N–H and O–H groups in total. The van der Waals surface area contributed by atoms with Gasteiger partial charge in [0, 0.05) is 6.54 Å². The number of carbonyl (C=O) groups is 2. The summed E-state index contributed by atoms with van der Waals surface area (Å²) in [6.45, 7) is 4.18. The van der Waals surface area contributed by atoms with Crippen molar-refractivity contribution >= 4 is 46.3 Å². The summed E-state index contributed by atoms with van der Waals surface area (Å²) in [5.41, 5.74) is 0.748. The maximum absolute atomic E-state index is 12.2. The number of carboxylic acids is 1. The fraction of sp³-hybridized carbons (Fsp3) is 0.312. The van der Waals surface area contributed by atoms with Crippen LogP contribution in [0.4, 0.5) is 0 Å². The molecular weight excluding hydrogens is 350 g/mol. The van der Waals surface area contributed by atoms with Crippen LogP contribution in [0, 0.1) is 0 Å². The summed E-state index contributed by atoms with van der Waals surface area (Å²) < 4.78 is 11.2. The van der Waals surface area contributed by atoms with Gasteiger partial charge in [0.05, 0.1) is 11.5 Å². The van der Waals surface area contributed by atoms with E-state index in [0.717, 1.165) is 5.56 Å². The van der Waals surface area contributed by atoms with E-state index in [1.54, 1.807) is 29.2 Å². The van der Waals surface area contributed by atoms with E-state index in [2.05, 4.69) is 0 Å². The Kier molecular flexibility index (Phi) is 6.22. The van der Waals surface area contributed by atoms with Gasteiger partial charge in [0.25, 0.3) is 5.91 Å². The minimum Gasteiger partial charge on any atom is -0.490 e. The molecule has 0 unspecified atom stereocenters. The van der Waals surface area contributed by atoms with Crippen molar-refractivity contribution in [2.75, 3.05) is 19.8 Å². The van der Waals surface area contributed by atoms with Crippen LogP contribution >= 0.6 is 24.0 Å². The summed E-state index contributed by atoms with van der Waals surface area (Å²) in [6.07, 6.45) is 1.73. The monoisotopic (exact) mass is 367 g/mol. The number of hydrogen-bond acceptors (Lipinski definition) is 6. The lowest BCUT2D eigenvalue weighted by atomic mass is 10.2. The van der Waals surface area contributed by atoms with Crippen molar-refractivity contribution in [1.29, 1.82) is 0 Å². The van der Waals surface area contributed by atoms with Crippen molar-refractivity contribution in [2.45, 2.75) is 13.8 Å². The largest absolute Gasteiger partial charge is 0.490 e. The van der Waals surface area contributed by atoms with E-state index >= 15 is 0 Å². The Balaban J connectivity index is 2.26. The summed E-state index contributed by atoms with van der Waals surface area (Å²) >= 11 is 6.44. The predicted octanol–water partition coefficient (Wildman–Crippen LogP) is 2.77. The fourth-order valence-corrected chi connectivity index (χ4v) is 3.45. The number of benzene rings is 1. The fourth-order valence-electron chi connectivity index (χ4n) is 2.07. The third kappa shape index (κ3) is 4.27. The van der Waals surface area contributed by atoms with Crippen LogP contribution < -0.4 is 9.47 Å². The minimum absolute atomic E-state index is 0.114. The molecule has 1 aliphatic heterocycles. The number of aliphatic carboxylic acids is 1. The van der Waals surface area contributed by atoms with Gasteiger partial charge in [-0.15, -0.1) is 0 Å². The van der Waals surface area contributed by atoms with Gasteiger partial charge in [0.1, 0.15) is 4.32 Å². The van der Waals surface area contributed by atoms with Gasteiger partial charge >= 0.3 is 5.97 Å². The second kappa shape index (κ2) is 8.16. The molecule has 0 radical (unpaired) electrons. The lowest BCUT2D eigenvalue weighted by Crippen LogP contribution is -2.27. The number of nitrogens with zero attached hydrogens (tertiary/aromatic N) is 1. The van der Waals surface area contributed by atoms with Crippen LogP contribution in [0.3, 0.4) is 0 Å². The molecule has 1 amide bonds. The van der Waals surface area contributed by atoms with E-state index in [4.69, 9.17) is 26.8 Å².